The summed E-state index contributed by atoms with van der Waals surface area (Å²) < 4.78 is 26.6. The molecule has 0 radical (unpaired) electrons. The molecule has 0 heterocycles. The molecule has 0 bridgehead atoms. The lowest BCUT2D eigenvalue weighted by Gasteiger charge is -2.31. The van der Waals surface area contributed by atoms with Crippen LogP contribution in [0.3, 0.4) is 0 Å². The molecule has 2 aromatic carbocycles. The number of carbonyl (C=O) groups is 2. The van der Waals surface area contributed by atoms with Gasteiger partial charge in [-0.05, 0) is 43.0 Å². The van der Waals surface area contributed by atoms with E-state index in [2.05, 4.69) is 5.32 Å². The molecule has 0 aliphatic rings. The molecule has 2 rings (SSSR count). The number of benzene rings is 2. The molecule has 2 aromatic rings. The number of hydrogen-bond donors (Lipinski definition) is 1. The van der Waals surface area contributed by atoms with Crippen molar-refractivity contribution in [3.63, 3.8) is 0 Å². The maximum absolute atomic E-state index is 13.2. The monoisotopic (exact) mass is 459 g/mol. The first-order chi connectivity index (χ1) is 15.2. The number of sulfonamides is 1. The molecule has 2 amide bonds. The molecule has 174 valence electrons. The summed E-state index contributed by atoms with van der Waals surface area (Å²) in [5, 5.41) is 2.64. The third kappa shape index (κ3) is 6.40. The molecule has 7 nitrogen and oxygen atoms in total. The quantitative estimate of drug-likeness (QED) is 0.560. The van der Waals surface area contributed by atoms with Crippen LogP contribution in [0.2, 0.25) is 0 Å². The minimum atomic E-state index is -3.61. The first-order valence-corrected chi connectivity index (χ1v) is 12.2. The van der Waals surface area contributed by atoms with Gasteiger partial charge < -0.3 is 10.2 Å². The van der Waals surface area contributed by atoms with Crippen LogP contribution in [0.25, 0.3) is 0 Å². The highest BCUT2D eigenvalue weighted by molar-refractivity contribution is 7.89. The Morgan fingerprint density at radius 2 is 1.66 bits per heavy atom. The lowest BCUT2D eigenvalue weighted by Crippen LogP contribution is -2.48. The largest absolute Gasteiger partial charge is 0.357 e. The molecule has 0 saturated carbocycles. The average molecular weight is 460 g/mol. The fraction of sp³-hybridized carbons (Fsp3) is 0.417. The Bertz CT molecular complexity index is 1010. The summed E-state index contributed by atoms with van der Waals surface area (Å²) in [6.07, 6.45) is 0.990. The SMILES string of the molecule is CCC(C(=O)NC)N(Cc1ccccc1C)C(=O)CCCN(C)S(=O)(=O)c1ccccc1. The van der Waals surface area contributed by atoms with Gasteiger partial charge in [0.1, 0.15) is 6.04 Å². The molecule has 0 saturated heterocycles. The molecule has 32 heavy (non-hydrogen) atoms. The maximum atomic E-state index is 13.2. The molecule has 0 fully saturated rings. The smallest absolute Gasteiger partial charge is 0.242 e. The summed E-state index contributed by atoms with van der Waals surface area (Å²) in [4.78, 5) is 27.4. The standard InChI is InChI=1S/C24H33N3O4S/c1-5-22(24(29)25-3)27(18-20-13-10-9-12-19(20)2)23(28)16-11-17-26(4)32(30,31)21-14-7-6-8-15-21/h6-10,12-15,22H,5,11,16-18H2,1-4H3,(H,25,29). The third-order valence-electron chi connectivity index (χ3n) is 5.55. The van der Waals surface area contributed by atoms with E-state index in [0.717, 1.165) is 11.1 Å². The highest BCUT2D eigenvalue weighted by Gasteiger charge is 2.28. The van der Waals surface area contributed by atoms with Crippen molar-refractivity contribution in [2.45, 2.75) is 50.6 Å². The lowest BCUT2D eigenvalue weighted by atomic mass is 10.1. The van der Waals surface area contributed by atoms with E-state index < -0.39 is 16.1 Å². The average Bonchev–Trinajstić information content (AvgIpc) is 2.80. The van der Waals surface area contributed by atoms with E-state index in [1.165, 1.54) is 11.4 Å². The van der Waals surface area contributed by atoms with Crippen LogP contribution < -0.4 is 5.32 Å². The van der Waals surface area contributed by atoms with Crippen molar-refractivity contribution in [1.29, 1.82) is 0 Å². The van der Waals surface area contributed by atoms with Crippen molar-refractivity contribution in [2.24, 2.45) is 0 Å². The Kier molecular flexibility index (Phi) is 9.41. The number of likely N-dealkylation sites (N-methyl/N-ethyl adjacent to an activating group) is 1. The van der Waals surface area contributed by atoms with E-state index in [-0.39, 0.29) is 29.7 Å². The molecule has 1 atom stereocenters. The number of nitrogens with one attached hydrogen (secondary N) is 1. The van der Waals surface area contributed by atoms with Crippen molar-refractivity contribution in [1.82, 2.24) is 14.5 Å². The highest BCUT2D eigenvalue weighted by Crippen LogP contribution is 2.18. The second kappa shape index (κ2) is 11.8. The second-order valence-electron chi connectivity index (χ2n) is 7.73. The predicted molar refractivity (Wildman–Crippen MR) is 125 cm³/mol. The summed E-state index contributed by atoms with van der Waals surface area (Å²) in [5.41, 5.74) is 2.03. The zero-order valence-corrected chi connectivity index (χ0v) is 20.1. The number of aryl methyl sites for hydroxylation is 1. The van der Waals surface area contributed by atoms with Crippen LogP contribution in [0.4, 0.5) is 0 Å². The van der Waals surface area contributed by atoms with Gasteiger partial charge in [-0.3, -0.25) is 9.59 Å². The van der Waals surface area contributed by atoms with Gasteiger partial charge in [0.15, 0.2) is 0 Å². The van der Waals surface area contributed by atoms with Crippen LogP contribution in [0.1, 0.15) is 37.3 Å². The van der Waals surface area contributed by atoms with Gasteiger partial charge in [0.2, 0.25) is 21.8 Å². The zero-order valence-electron chi connectivity index (χ0n) is 19.2. The van der Waals surface area contributed by atoms with Crippen molar-refractivity contribution < 1.29 is 18.0 Å². The Balaban J connectivity index is 2.10. The second-order valence-corrected chi connectivity index (χ2v) is 9.77. The van der Waals surface area contributed by atoms with Gasteiger partial charge in [-0.2, -0.15) is 0 Å². The molecule has 0 spiro atoms. The van der Waals surface area contributed by atoms with E-state index in [1.807, 2.05) is 38.1 Å². The van der Waals surface area contributed by atoms with Crippen molar-refractivity contribution in [3.8, 4) is 0 Å². The fourth-order valence-corrected chi connectivity index (χ4v) is 4.78. The molecular weight excluding hydrogens is 426 g/mol. The van der Waals surface area contributed by atoms with Gasteiger partial charge in [-0.15, -0.1) is 0 Å². The van der Waals surface area contributed by atoms with Crippen LogP contribution in [0.15, 0.2) is 59.5 Å². The van der Waals surface area contributed by atoms with E-state index in [4.69, 9.17) is 0 Å². The Labute approximate surface area is 191 Å². The van der Waals surface area contributed by atoms with E-state index in [9.17, 15) is 18.0 Å². The lowest BCUT2D eigenvalue weighted by molar-refractivity contribution is -0.141. The van der Waals surface area contributed by atoms with Crippen LogP contribution >= 0.6 is 0 Å². The molecule has 0 aromatic heterocycles. The van der Waals surface area contributed by atoms with Crippen LogP contribution in [0, 0.1) is 6.92 Å². The van der Waals surface area contributed by atoms with E-state index in [0.29, 0.717) is 19.4 Å². The maximum Gasteiger partial charge on any atom is 0.242 e. The Morgan fingerprint density at radius 1 is 1.03 bits per heavy atom. The Hall–Kier alpha value is -2.71. The van der Waals surface area contributed by atoms with Crippen molar-refractivity contribution in [3.05, 3.63) is 65.7 Å². The van der Waals surface area contributed by atoms with Crippen LogP contribution in [-0.2, 0) is 26.2 Å². The number of hydrogen-bond acceptors (Lipinski definition) is 4. The number of carbonyl (C=O) groups excluding carboxylic acids is 2. The van der Waals surface area contributed by atoms with Crippen molar-refractivity contribution >= 4 is 21.8 Å². The molecule has 0 aliphatic carbocycles. The van der Waals surface area contributed by atoms with Gasteiger partial charge in [0, 0.05) is 33.6 Å². The molecule has 8 heteroatoms. The first kappa shape index (κ1) is 25.5. The van der Waals surface area contributed by atoms with Crippen molar-refractivity contribution in [2.75, 3.05) is 20.6 Å². The van der Waals surface area contributed by atoms with Crippen LogP contribution in [-0.4, -0.2) is 56.1 Å². The summed E-state index contributed by atoms with van der Waals surface area (Å²) in [5.74, 6) is -0.382. The van der Waals surface area contributed by atoms with E-state index >= 15 is 0 Å². The summed E-state index contributed by atoms with van der Waals surface area (Å²) in [6, 6.07) is 15.4. The van der Waals surface area contributed by atoms with Gasteiger partial charge in [0.25, 0.3) is 0 Å². The van der Waals surface area contributed by atoms with Gasteiger partial charge in [-0.1, -0.05) is 49.4 Å². The summed E-state index contributed by atoms with van der Waals surface area (Å²) in [6.45, 7) is 4.38. The molecular formula is C24H33N3O4S. The molecule has 1 unspecified atom stereocenters. The minimum absolute atomic E-state index is 0.147. The fourth-order valence-electron chi connectivity index (χ4n) is 3.55. The minimum Gasteiger partial charge on any atom is -0.357 e. The number of rotatable bonds is 11. The highest BCUT2D eigenvalue weighted by atomic mass is 32.2. The van der Waals surface area contributed by atoms with Gasteiger partial charge in [-0.25, -0.2) is 12.7 Å². The number of nitrogens with zero attached hydrogens (tertiary/aromatic N) is 2. The third-order valence-corrected chi connectivity index (χ3v) is 7.42. The molecule has 1 N–H and O–H groups in total. The van der Waals surface area contributed by atoms with Gasteiger partial charge >= 0.3 is 0 Å². The molecule has 0 aliphatic heterocycles. The van der Waals surface area contributed by atoms with Gasteiger partial charge in [0.05, 0.1) is 4.90 Å². The predicted octanol–water partition coefficient (Wildman–Crippen LogP) is 2.95. The summed E-state index contributed by atoms with van der Waals surface area (Å²) in [7, 11) is -0.534. The zero-order chi connectivity index (χ0) is 23.7. The number of amides is 2. The van der Waals surface area contributed by atoms with E-state index in [1.54, 1.807) is 42.3 Å². The van der Waals surface area contributed by atoms with Crippen LogP contribution in [0.5, 0.6) is 0 Å². The normalized spacial score (nSPS) is 12.4. The Morgan fingerprint density at radius 3 is 2.25 bits per heavy atom. The summed E-state index contributed by atoms with van der Waals surface area (Å²) >= 11 is 0. The first-order valence-electron chi connectivity index (χ1n) is 10.8. The topological polar surface area (TPSA) is 86.8 Å².